The van der Waals surface area contributed by atoms with Crippen LogP contribution in [0.5, 0.6) is 0 Å². The van der Waals surface area contributed by atoms with Crippen molar-refractivity contribution >= 4 is 0 Å². The Kier molecular flexibility index (Phi) is 3.75. The van der Waals surface area contributed by atoms with E-state index in [0.29, 0.717) is 0 Å². The molecule has 1 unspecified atom stereocenters. The number of hydrogen-bond donors (Lipinski definition) is 0. The molecule has 0 saturated carbocycles. The van der Waals surface area contributed by atoms with Gasteiger partial charge in [0.2, 0.25) is 0 Å². The van der Waals surface area contributed by atoms with Gasteiger partial charge in [-0.15, -0.1) is 0 Å². The quantitative estimate of drug-likeness (QED) is 0.760. The first-order valence-corrected chi connectivity index (χ1v) is 5.55. The molecule has 4 nitrogen and oxygen atoms in total. The number of methoxy groups -OCH3 is 1. The molecule has 15 heavy (non-hydrogen) atoms. The molecule has 1 aliphatic heterocycles. The molecule has 1 aliphatic rings. The Bertz CT molecular complexity index is 293. The maximum atomic E-state index is 5.65. The molecule has 0 spiro atoms. The average Bonchev–Trinajstić information content (AvgIpc) is 2.76. The molecule has 84 valence electrons. The molecule has 0 aliphatic carbocycles. The summed E-state index contributed by atoms with van der Waals surface area (Å²) in [6, 6.07) is 2.04. The van der Waals surface area contributed by atoms with Gasteiger partial charge in [0.05, 0.1) is 12.3 Å². The van der Waals surface area contributed by atoms with Crippen LogP contribution in [0.3, 0.4) is 0 Å². The van der Waals surface area contributed by atoms with Gasteiger partial charge >= 0.3 is 0 Å². The fourth-order valence-electron chi connectivity index (χ4n) is 1.81. The van der Waals surface area contributed by atoms with E-state index in [1.54, 1.807) is 7.11 Å². The summed E-state index contributed by atoms with van der Waals surface area (Å²) in [6.07, 6.45) is 6.50. The van der Waals surface area contributed by atoms with E-state index in [1.807, 2.05) is 16.9 Å². The molecule has 2 heterocycles. The molecule has 0 bridgehead atoms. The lowest BCUT2D eigenvalue weighted by atomic mass is 10.2. The third kappa shape index (κ3) is 2.79. The van der Waals surface area contributed by atoms with Crippen LogP contribution in [0.4, 0.5) is 0 Å². The number of hydrogen-bond acceptors (Lipinski definition) is 3. The second-order valence-corrected chi connectivity index (χ2v) is 3.85. The lowest BCUT2D eigenvalue weighted by Gasteiger charge is -2.22. The fourth-order valence-corrected chi connectivity index (χ4v) is 1.81. The van der Waals surface area contributed by atoms with Gasteiger partial charge in [0, 0.05) is 26.3 Å². The molecule has 0 radical (unpaired) electrons. The van der Waals surface area contributed by atoms with Crippen LogP contribution >= 0.6 is 0 Å². The van der Waals surface area contributed by atoms with Crippen molar-refractivity contribution in [2.24, 2.45) is 0 Å². The molecule has 0 aromatic carbocycles. The van der Waals surface area contributed by atoms with Gasteiger partial charge in [-0.3, -0.25) is 0 Å². The number of aromatic nitrogens is 2. The van der Waals surface area contributed by atoms with Crippen LogP contribution < -0.4 is 0 Å². The molecule has 1 aromatic rings. The maximum Gasteiger partial charge on any atom is 0.150 e. The zero-order valence-corrected chi connectivity index (χ0v) is 9.19. The highest BCUT2D eigenvalue weighted by molar-refractivity contribution is 4.99. The van der Waals surface area contributed by atoms with Gasteiger partial charge in [-0.25, -0.2) is 4.68 Å². The van der Waals surface area contributed by atoms with Crippen LogP contribution in [0.15, 0.2) is 12.3 Å². The topological polar surface area (TPSA) is 36.3 Å². The number of ether oxygens (including phenoxy) is 2. The summed E-state index contributed by atoms with van der Waals surface area (Å²) in [5, 5.41) is 4.48. The van der Waals surface area contributed by atoms with E-state index in [2.05, 4.69) is 5.10 Å². The lowest BCUT2D eigenvalue weighted by Crippen LogP contribution is -2.18. The van der Waals surface area contributed by atoms with Crippen LogP contribution in [0, 0.1) is 0 Å². The Hall–Kier alpha value is -0.870. The molecule has 1 saturated heterocycles. The highest BCUT2D eigenvalue weighted by Crippen LogP contribution is 2.21. The summed E-state index contributed by atoms with van der Waals surface area (Å²) in [5.41, 5.74) is 1.08. The third-order valence-electron chi connectivity index (χ3n) is 2.68. The van der Waals surface area contributed by atoms with E-state index in [-0.39, 0.29) is 6.23 Å². The smallest absolute Gasteiger partial charge is 0.150 e. The maximum absolute atomic E-state index is 5.65. The van der Waals surface area contributed by atoms with Gasteiger partial charge < -0.3 is 9.47 Å². The predicted octanol–water partition coefficient (Wildman–Crippen LogP) is 1.77. The molecule has 1 aromatic heterocycles. The van der Waals surface area contributed by atoms with E-state index in [4.69, 9.17) is 9.47 Å². The van der Waals surface area contributed by atoms with Gasteiger partial charge in [-0.05, 0) is 25.3 Å². The van der Waals surface area contributed by atoms with Crippen LogP contribution in [0.1, 0.15) is 31.2 Å². The summed E-state index contributed by atoms with van der Waals surface area (Å²) < 4.78 is 12.6. The minimum atomic E-state index is 0.148. The van der Waals surface area contributed by atoms with Gasteiger partial charge in [-0.2, -0.15) is 5.10 Å². The molecule has 0 amide bonds. The van der Waals surface area contributed by atoms with Crippen LogP contribution in [0.2, 0.25) is 0 Å². The van der Waals surface area contributed by atoms with Gasteiger partial charge in [0.15, 0.2) is 0 Å². The van der Waals surface area contributed by atoms with E-state index in [9.17, 15) is 0 Å². The lowest BCUT2D eigenvalue weighted by molar-refractivity contribution is -0.0397. The minimum Gasteiger partial charge on any atom is -0.384 e. The summed E-state index contributed by atoms with van der Waals surface area (Å²) in [4.78, 5) is 0. The standard InChI is InChI=1S/C11H18N2O2/c1-14-9-6-10-5-7-13(12-10)11-4-2-3-8-15-11/h5,7,11H,2-4,6,8-9H2,1H3. The van der Waals surface area contributed by atoms with E-state index >= 15 is 0 Å². The Balaban J connectivity index is 1.93. The second kappa shape index (κ2) is 5.28. The average molecular weight is 210 g/mol. The Labute approximate surface area is 90.2 Å². The summed E-state index contributed by atoms with van der Waals surface area (Å²) >= 11 is 0. The van der Waals surface area contributed by atoms with Crippen LogP contribution in [0.25, 0.3) is 0 Å². The van der Waals surface area contributed by atoms with Crippen molar-refractivity contribution in [3.63, 3.8) is 0 Å². The van der Waals surface area contributed by atoms with Crippen molar-refractivity contribution < 1.29 is 9.47 Å². The number of rotatable bonds is 4. The predicted molar refractivity (Wildman–Crippen MR) is 56.6 cm³/mol. The highest BCUT2D eigenvalue weighted by Gasteiger charge is 2.16. The van der Waals surface area contributed by atoms with Crippen molar-refractivity contribution in [2.45, 2.75) is 31.9 Å². The van der Waals surface area contributed by atoms with Crippen molar-refractivity contribution in [2.75, 3.05) is 20.3 Å². The molecule has 1 fully saturated rings. The normalized spacial score (nSPS) is 21.8. The van der Waals surface area contributed by atoms with Crippen LogP contribution in [-0.4, -0.2) is 30.1 Å². The van der Waals surface area contributed by atoms with Crippen molar-refractivity contribution in [3.8, 4) is 0 Å². The van der Waals surface area contributed by atoms with Crippen molar-refractivity contribution in [3.05, 3.63) is 18.0 Å². The summed E-state index contributed by atoms with van der Waals surface area (Å²) in [6.45, 7) is 1.58. The van der Waals surface area contributed by atoms with Gasteiger partial charge in [0.1, 0.15) is 6.23 Å². The Morgan fingerprint density at radius 3 is 3.27 bits per heavy atom. The fraction of sp³-hybridized carbons (Fsp3) is 0.727. The first-order valence-electron chi connectivity index (χ1n) is 5.55. The molecular formula is C11H18N2O2. The molecule has 0 N–H and O–H groups in total. The highest BCUT2D eigenvalue weighted by atomic mass is 16.5. The SMILES string of the molecule is COCCc1ccn(C2CCCCO2)n1. The zero-order valence-electron chi connectivity index (χ0n) is 9.19. The van der Waals surface area contributed by atoms with Crippen molar-refractivity contribution in [1.82, 2.24) is 9.78 Å². The molecule has 1 atom stereocenters. The zero-order chi connectivity index (χ0) is 10.5. The summed E-state index contributed by atoms with van der Waals surface area (Å²) in [5.74, 6) is 0. The molecule has 2 rings (SSSR count). The largest absolute Gasteiger partial charge is 0.384 e. The first kappa shape index (κ1) is 10.6. The Morgan fingerprint density at radius 2 is 2.53 bits per heavy atom. The monoisotopic (exact) mass is 210 g/mol. The van der Waals surface area contributed by atoms with Gasteiger partial charge in [-0.1, -0.05) is 0 Å². The summed E-state index contributed by atoms with van der Waals surface area (Å²) in [7, 11) is 1.71. The minimum absolute atomic E-state index is 0.148. The van der Waals surface area contributed by atoms with E-state index in [1.165, 1.54) is 12.8 Å². The molecule has 4 heteroatoms. The van der Waals surface area contributed by atoms with Crippen molar-refractivity contribution in [1.29, 1.82) is 0 Å². The molecular weight excluding hydrogens is 192 g/mol. The third-order valence-corrected chi connectivity index (χ3v) is 2.68. The van der Waals surface area contributed by atoms with E-state index in [0.717, 1.165) is 31.7 Å². The second-order valence-electron chi connectivity index (χ2n) is 3.85. The van der Waals surface area contributed by atoms with Crippen LogP contribution in [-0.2, 0) is 15.9 Å². The van der Waals surface area contributed by atoms with E-state index < -0.39 is 0 Å². The van der Waals surface area contributed by atoms with Gasteiger partial charge in [0.25, 0.3) is 0 Å². The Morgan fingerprint density at radius 1 is 1.60 bits per heavy atom. The number of nitrogens with zero attached hydrogens (tertiary/aromatic N) is 2. The first-order chi connectivity index (χ1) is 7.40.